The first kappa shape index (κ1) is 23.7. The average Bonchev–Trinajstić information content (AvgIpc) is 3.48. The van der Waals surface area contributed by atoms with Crippen LogP contribution >= 0.6 is 11.6 Å². The zero-order valence-corrected chi connectivity index (χ0v) is 20.6. The second-order valence-corrected chi connectivity index (χ2v) is 9.48. The molecule has 2 aromatic heterocycles. The molecule has 182 valence electrons. The molecule has 1 fully saturated rings. The fraction of sp³-hybridized carbons (Fsp3) is 0.400. The SMILES string of the molecule is Bc1cnn2c(NCCCCNC(=O)CC3=CC=C4OCOC4C3)cc(C3=C(Cl)CCC=C3)nc12. The van der Waals surface area contributed by atoms with Gasteiger partial charge in [0.1, 0.15) is 25.5 Å². The van der Waals surface area contributed by atoms with Gasteiger partial charge >= 0.3 is 0 Å². The van der Waals surface area contributed by atoms with Crippen molar-refractivity contribution in [1.29, 1.82) is 0 Å². The highest BCUT2D eigenvalue weighted by Crippen LogP contribution is 2.31. The third-order valence-corrected chi connectivity index (χ3v) is 6.79. The second-order valence-electron chi connectivity index (χ2n) is 9.03. The first-order valence-corrected chi connectivity index (χ1v) is 12.5. The van der Waals surface area contributed by atoms with E-state index in [9.17, 15) is 4.79 Å². The van der Waals surface area contributed by atoms with Gasteiger partial charge in [-0.25, -0.2) is 4.98 Å². The molecule has 8 nitrogen and oxygen atoms in total. The molecule has 0 saturated carbocycles. The minimum atomic E-state index is -0.0333. The fourth-order valence-corrected chi connectivity index (χ4v) is 4.74. The third-order valence-electron chi connectivity index (χ3n) is 6.39. The van der Waals surface area contributed by atoms with Crippen molar-refractivity contribution in [3.63, 3.8) is 0 Å². The lowest BCUT2D eigenvalue weighted by Crippen LogP contribution is -2.26. The number of hydrogen-bond acceptors (Lipinski definition) is 6. The first-order chi connectivity index (χ1) is 17.1. The van der Waals surface area contributed by atoms with Crippen molar-refractivity contribution in [2.24, 2.45) is 0 Å². The highest BCUT2D eigenvalue weighted by molar-refractivity contribution is 6.36. The molecule has 1 saturated heterocycles. The number of unbranched alkanes of at least 4 members (excludes halogenated alkanes) is 1. The standard InChI is InChI=1S/C25H29BClN5O3/c26-18-14-30-32-23(13-20(31-25(18)32)17-5-1-2-6-19(17)27)28-9-3-4-10-29-24(33)12-16-7-8-21-22(11-16)35-15-34-21/h1,5,7-8,13-14,22,28H,2-4,6,9-12,15,26H2,(H,29,33). The number of allylic oxidation sites excluding steroid dienone is 6. The number of aromatic nitrogens is 3. The Morgan fingerprint density at radius 1 is 1.29 bits per heavy atom. The predicted octanol–water partition coefficient (Wildman–Crippen LogP) is 2.57. The maximum absolute atomic E-state index is 12.3. The van der Waals surface area contributed by atoms with Crippen molar-refractivity contribution in [3.05, 3.63) is 58.6 Å². The van der Waals surface area contributed by atoms with E-state index in [1.54, 1.807) is 0 Å². The molecule has 1 amide bonds. The quantitative estimate of drug-likeness (QED) is 0.412. The molecule has 2 aromatic rings. The summed E-state index contributed by atoms with van der Waals surface area (Å²) in [5.74, 6) is 1.78. The molecule has 5 rings (SSSR count). The zero-order valence-electron chi connectivity index (χ0n) is 19.8. The largest absolute Gasteiger partial charge is 0.469 e. The van der Waals surface area contributed by atoms with Crippen LogP contribution in [0.1, 0.15) is 44.2 Å². The molecular formula is C25H29BClN5O3. The Bertz CT molecular complexity index is 1250. The van der Waals surface area contributed by atoms with Gasteiger partial charge in [-0.05, 0) is 37.2 Å². The van der Waals surface area contributed by atoms with Crippen LogP contribution in [-0.4, -0.2) is 54.3 Å². The number of fused-ring (bicyclic) bond motifs is 2. The van der Waals surface area contributed by atoms with Crippen LogP contribution in [0, 0.1) is 0 Å². The lowest BCUT2D eigenvalue weighted by atomic mass is 9.98. The lowest BCUT2D eigenvalue weighted by Gasteiger charge is -2.16. The summed E-state index contributed by atoms with van der Waals surface area (Å²) in [7, 11) is 2.01. The topological polar surface area (TPSA) is 89.8 Å². The van der Waals surface area contributed by atoms with Gasteiger partial charge in [-0.15, -0.1) is 0 Å². The van der Waals surface area contributed by atoms with Gasteiger partial charge in [-0.2, -0.15) is 9.61 Å². The Morgan fingerprint density at radius 3 is 3.06 bits per heavy atom. The van der Waals surface area contributed by atoms with Gasteiger partial charge in [-0.1, -0.05) is 35.4 Å². The zero-order chi connectivity index (χ0) is 24.2. The number of hydrogen-bond donors (Lipinski definition) is 2. The molecule has 10 heteroatoms. The van der Waals surface area contributed by atoms with Gasteiger partial charge in [0, 0.05) is 48.8 Å². The Kier molecular flexibility index (Phi) is 7.25. The van der Waals surface area contributed by atoms with Crippen LogP contribution in [0.2, 0.25) is 0 Å². The molecule has 2 N–H and O–H groups in total. The van der Waals surface area contributed by atoms with Crippen molar-refractivity contribution in [2.45, 2.75) is 44.6 Å². The summed E-state index contributed by atoms with van der Waals surface area (Å²) in [5, 5.41) is 11.8. The monoisotopic (exact) mass is 493 g/mol. The van der Waals surface area contributed by atoms with Crippen molar-refractivity contribution in [1.82, 2.24) is 19.9 Å². The molecule has 1 aliphatic heterocycles. The summed E-state index contributed by atoms with van der Waals surface area (Å²) in [5.41, 5.74) is 4.73. The summed E-state index contributed by atoms with van der Waals surface area (Å²) in [6.45, 7) is 1.70. The van der Waals surface area contributed by atoms with E-state index in [1.807, 2.05) is 36.8 Å². The van der Waals surface area contributed by atoms with Crippen LogP contribution in [0.5, 0.6) is 0 Å². The van der Waals surface area contributed by atoms with E-state index in [-0.39, 0.29) is 12.0 Å². The molecule has 0 radical (unpaired) electrons. The summed E-state index contributed by atoms with van der Waals surface area (Å²) < 4.78 is 12.7. The van der Waals surface area contributed by atoms with Crippen molar-refractivity contribution >= 4 is 47.9 Å². The highest BCUT2D eigenvalue weighted by atomic mass is 35.5. The van der Waals surface area contributed by atoms with Crippen LogP contribution in [0.15, 0.2) is 52.9 Å². The van der Waals surface area contributed by atoms with Gasteiger partial charge < -0.3 is 20.1 Å². The molecule has 3 heterocycles. The fourth-order valence-electron chi connectivity index (χ4n) is 4.47. The molecule has 35 heavy (non-hydrogen) atoms. The smallest absolute Gasteiger partial charge is 0.224 e. The molecule has 3 aliphatic rings. The van der Waals surface area contributed by atoms with E-state index in [4.69, 9.17) is 26.1 Å². The number of rotatable bonds is 9. The highest BCUT2D eigenvalue weighted by Gasteiger charge is 2.27. The second kappa shape index (κ2) is 10.7. The Balaban J connectivity index is 1.11. The summed E-state index contributed by atoms with van der Waals surface area (Å²) in [6.07, 6.45) is 14.5. The molecule has 0 bridgehead atoms. The van der Waals surface area contributed by atoms with Crippen LogP contribution < -0.4 is 16.1 Å². The van der Waals surface area contributed by atoms with E-state index < -0.39 is 0 Å². The van der Waals surface area contributed by atoms with Crippen LogP contribution in [0.4, 0.5) is 5.82 Å². The van der Waals surface area contributed by atoms with Crippen LogP contribution in [0.3, 0.4) is 0 Å². The molecular weight excluding hydrogens is 465 g/mol. The Hall–Kier alpha value is -3.04. The van der Waals surface area contributed by atoms with Gasteiger partial charge in [0.05, 0.1) is 5.69 Å². The van der Waals surface area contributed by atoms with Gasteiger partial charge in [-0.3, -0.25) is 4.79 Å². The number of ether oxygens (including phenoxy) is 2. The van der Waals surface area contributed by atoms with E-state index in [2.05, 4.69) is 27.9 Å². The minimum Gasteiger partial charge on any atom is -0.469 e. The Labute approximate surface area is 210 Å². The van der Waals surface area contributed by atoms with E-state index in [0.29, 0.717) is 19.8 Å². The number of carbonyl (C=O) groups excluding carboxylic acids is 1. The van der Waals surface area contributed by atoms with E-state index in [0.717, 1.165) is 83.2 Å². The average molecular weight is 494 g/mol. The van der Waals surface area contributed by atoms with Crippen LogP contribution in [-0.2, 0) is 14.3 Å². The van der Waals surface area contributed by atoms with Gasteiger partial charge in [0.25, 0.3) is 0 Å². The van der Waals surface area contributed by atoms with E-state index in [1.165, 1.54) is 0 Å². The molecule has 1 atom stereocenters. The summed E-state index contributed by atoms with van der Waals surface area (Å²) >= 11 is 6.50. The van der Waals surface area contributed by atoms with Gasteiger partial charge in [0.2, 0.25) is 5.91 Å². The maximum Gasteiger partial charge on any atom is 0.224 e. The minimum absolute atomic E-state index is 0.0333. The number of nitrogens with one attached hydrogen (secondary N) is 2. The van der Waals surface area contributed by atoms with Crippen LogP contribution in [0.25, 0.3) is 11.2 Å². The summed E-state index contributed by atoms with van der Waals surface area (Å²) in [6, 6.07) is 2.01. The normalized spacial score (nSPS) is 19.3. The van der Waals surface area contributed by atoms with Crippen molar-refractivity contribution in [2.75, 3.05) is 25.2 Å². The predicted molar refractivity (Wildman–Crippen MR) is 139 cm³/mol. The molecule has 0 aromatic carbocycles. The number of amides is 1. The Morgan fingerprint density at radius 2 is 2.17 bits per heavy atom. The van der Waals surface area contributed by atoms with Crippen molar-refractivity contribution in [3.8, 4) is 0 Å². The number of nitrogens with zero attached hydrogens (tertiary/aromatic N) is 3. The summed E-state index contributed by atoms with van der Waals surface area (Å²) in [4.78, 5) is 17.1. The van der Waals surface area contributed by atoms with Crippen molar-refractivity contribution < 1.29 is 14.3 Å². The van der Waals surface area contributed by atoms with Gasteiger partial charge in [0.15, 0.2) is 12.4 Å². The maximum atomic E-state index is 12.3. The molecule has 0 spiro atoms. The lowest BCUT2D eigenvalue weighted by molar-refractivity contribution is -0.120. The number of halogens is 1. The number of carbonyl (C=O) groups is 1. The molecule has 2 aliphatic carbocycles. The molecule has 1 unspecified atom stereocenters. The number of anilines is 1. The third kappa shape index (κ3) is 5.46. The first-order valence-electron chi connectivity index (χ1n) is 12.1. The van der Waals surface area contributed by atoms with E-state index >= 15 is 0 Å².